The summed E-state index contributed by atoms with van der Waals surface area (Å²) in [6.45, 7) is 1.39. The minimum Gasteiger partial charge on any atom is -0.508 e. The first-order chi connectivity index (χ1) is 63.6. The molecule has 23 N–H and O–H groups in total. The quantitative estimate of drug-likeness (QED) is 0.0254. The second-order valence-corrected chi connectivity index (χ2v) is 34.1. The highest BCUT2D eigenvalue weighted by atomic mass is 32.2. The molecule has 3 aliphatic heterocycles. The van der Waals surface area contributed by atoms with Gasteiger partial charge < -0.3 is 135 Å². The Balaban J connectivity index is 1.21. The third kappa shape index (κ3) is 29.5. The minimum atomic E-state index is -1.97. The number of hydrogen-bond acceptors (Lipinski definition) is 24. The van der Waals surface area contributed by atoms with E-state index in [1.165, 1.54) is 51.5 Å². The SMILES string of the molecule is CCCC[C@H]1C(=O)N(C)[C@@H](CCCC)C(=O)N[C@@H](CNC(=O)O)C(=O)N[C@H](C(=O)NCC(N)=O)CSCC(=O)N[C@@H](Cc2ccc(O)cc2)C(=O)N(C)[C@@H](C)C(=O)N[C@@H](CC(=O)O)C(=O)N2CCC[C@H]2C(=O)N[C@@H](CN)C(=O)N[C@@H](CCC(=O)O)C(=O)N2C[C@H](O)C[C@H]2C(=O)N[C@@H](Cc2c[nH]c3ccccc23)C(=O)N[C@@H](CCC(=O)O)C(=O)N[C@@H](Cc2c[nH]c3ccccc23)C(=O)N1C. The smallest absolute Gasteiger partial charge is 0.404 e. The summed E-state index contributed by atoms with van der Waals surface area (Å²) in [4.78, 5) is 296. The molecule has 3 aliphatic rings. The van der Waals surface area contributed by atoms with Crippen LogP contribution < -0.4 is 70.0 Å². The van der Waals surface area contributed by atoms with Gasteiger partial charge in [0.2, 0.25) is 94.5 Å². The first kappa shape index (κ1) is 105. The highest BCUT2D eigenvalue weighted by Gasteiger charge is 2.47. The molecule has 2 aromatic heterocycles. The van der Waals surface area contributed by atoms with Crippen LogP contribution in [0.2, 0.25) is 0 Å². The highest BCUT2D eigenvalue weighted by molar-refractivity contribution is 8.00. The number of aromatic hydroxyl groups is 1. The number of amides is 17. The Labute approximate surface area is 773 Å². The Kier molecular flexibility index (Phi) is 39.3. The number of carboxylic acid groups (broad SMARTS) is 4. The number of carbonyl (C=O) groups is 20. The number of H-pyrrole nitrogens is 2. The predicted molar refractivity (Wildman–Crippen MR) is 479 cm³/mol. The lowest BCUT2D eigenvalue weighted by molar-refractivity contribution is -0.149. The van der Waals surface area contributed by atoms with Crippen molar-refractivity contribution in [3.05, 3.63) is 102 Å². The Morgan fingerprint density at radius 1 is 0.500 bits per heavy atom. The van der Waals surface area contributed by atoms with Crippen molar-refractivity contribution in [1.82, 2.24) is 93.0 Å². The van der Waals surface area contributed by atoms with Crippen molar-refractivity contribution < 1.29 is 127 Å². The van der Waals surface area contributed by atoms with E-state index in [0.29, 0.717) is 63.1 Å². The third-order valence-electron chi connectivity index (χ3n) is 23.4. The number of nitrogens with one attached hydrogen (secondary N) is 13. The molecule has 3 fully saturated rings. The van der Waals surface area contributed by atoms with E-state index < -0.39 is 292 Å². The normalized spacial score (nSPS) is 24.7. The molecule has 3 saturated heterocycles. The molecule has 134 heavy (non-hydrogen) atoms. The van der Waals surface area contributed by atoms with E-state index in [1.54, 1.807) is 68.6 Å². The van der Waals surface area contributed by atoms with Crippen LogP contribution >= 0.6 is 11.8 Å². The van der Waals surface area contributed by atoms with Crippen LogP contribution in [-0.4, -0.2) is 340 Å². The molecular weight excluding hydrogens is 1770 g/mol. The maximum atomic E-state index is 15.8. The van der Waals surface area contributed by atoms with Crippen LogP contribution in [0.15, 0.2) is 85.2 Å². The van der Waals surface area contributed by atoms with Crippen molar-refractivity contribution in [2.24, 2.45) is 11.5 Å². The molecule has 15 atom stereocenters. The fourth-order valence-electron chi connectivity index (χ4n) is 15.9. The number of phenols is 1. The van der Waals surface area contributed by atoms with Crippen LogP contribution in [0, 0.1) is 0 Å². The lowest BCUT2D eigenvalue weighted by Crippen LogP contribution is -2.62. The van der Waals surface area contributed by atoms with Gasteiger partial charge in [-0.05, 0) is 86.4 Å². The number of nitrogens with zero attached hydrogens (tertiary/aromatic N) is 5. The van der Waals surface area contributed by atoms with E-state index in [9.17, 15) is 93.0 Å². The number of nitrogens with two attached hydrogens (primary N) is 2. The second-order valence-electron chi connectivity index (χ2n) is 33.1. The van der Waals surface area contributed by atoms with E-state index in [-0.39, 0.29) is 63.7 Å². The Morgan fingerprint density at radius 2 is 1.00 bits per heavy atom. The molecule has 5 heterocycles. The van der Waals surface area contributed by atoms with Gasteiger partial charge >= 0.3 is 24.0 Å². The number of carbonyl (C=O) groups excluding carboxylic acids is 16. The molecule has 0 unspecified atom stereocenters. The number of likely N-dealkylation sites (N-methyl/N-ethyl adjacent to an activating group) is 3. The molecule has 0 bridgehead atoms. The van der Waals surface area contributed by atoms with E-state index in [1.807, 2.05) is 5.32 Å². The molecule has 3 aromatic carbocycles. The lowest BCUT2D eigenvalue weighted by Gasteiger charge is -2.36. The first-order valence-corrected chi connectivity index (χ1v) is 44.9. The number of phenolic OH excluding ortho intramolecular Hbond substituents is 1. The van der Waals surface area contributed by atoms with E-state index in [0.717, 1.165) is 31.5 Å². The monoisotopic (exact) mass is 1890 g/mol. The highest BCUT2D eigenvalue weighted by Crippen LogP contribution is 2.28. The van der Waals surface area contributed by atoms with Gasteiger partial charge in [0, 0.05) is 119 Å². The molecule has 0 spiro atoms. The van der Waals surface area contributed by atoms with Crippen LogP contribution in [0.4, 0.5) is 4.79 Å². The second kappa shape index (κ2) is 50.0. The zero-order valence-corrected chi connectivity index (χ0v) is 75.7. The molecule has 17 amide bonds. The number of aromatic nitrogens is 2. The molecular formula is C87H118N20O26S. The van der Waals surface area contributed by atoms with Crippen molar-refractivity contribution in [1.29, 1.82) is 0 Å². The number of aliphatic carboxylic acids is 3. The molecule has 47 heteroatoms. The third-order valence-corrected chi connectivity index (χ3v) is 24.5. The average Bonchev–Trinajstić information content (AvgIpc) is 1.55. The number of aliphatic hydroxyl groups excluding tert-OH is 1. The summed E-state index contributed by atoms with van der Waals surface area (Å²) in [5.74, 6) is -23.4. The zero-order valence-electron chi connectivity index (χ0n) is 74.9. The number of hydrogen-bond donors (Lipinski definition) is 21. The van der Waals surface area contributed by atoms with Gasteiger partial charge in [-0.2, -0.15) is 0 Å². The van der Waals surface area contributed by atoms with Crippen LogP contribution in [-0.2, 0) is 110 Å². The first-order valence-electron chi connectivity index (χ1n) is 43.8. The predicted octanol–water partition coefficient (Wildman–Crippen LogP) is -3.64. The summed E-state index contributed by atoms with van der Waals surface area (Å²) in [5.41, 5.74) is 13.7. The van der Waals surface area contributed by atoms with Gasteiger partial charge in [-0.1, -0.05) is 88.1 Å². The maximum Gasteiger partial charge on any atom is 0.404 e. The molecule has 0 radical (unpaired) electrons. The number of primary amides is 1. The molecule has 5 aromatic rings. The standard InChI is InChI=1S/C87H118N20O26S/c1-7-9-20-64-79(124)101-62(40-93-87(132)133)78(123)102-63(74(119)92-41-68(89)110)43-134-44-69(111)94-58(32-46-23-25-49(108)26-24-46)82(127)103(4)45(3)73(118)98-60(36-72(116)117)85(130)106-31-15-22-65(106)80(125)100-61(37-88)77(122)96-56(28-30-71(114)115)84(129)107-42-50(109)35-67(107)81(126)97-57(33-47-38-90-53-18-13-11-16-51(47)53)76(121)95-55(27-29-70(112)113)75(120)99-59(34-48-39-91-54-19-14-12-17-52(48)54)83(128)105(6)66(21-10-8-2)86(131)104(64)5/h11-14,16-19,23-26,38-39,45,50,55-67,90-91,93,108-109H,7-10,15,20-22,27-37,40-44,88H2,1-6H3,(H2,89,110)(H,92,119)(H,94,111)(H,95,121)(H,96,122)(H,97,126)(H,98,118)(H,99,120)(H,100,125)(H,101,124)(H,102,123)(H,112,113)(H,114,115)(H,116,117)(H,132,133)/t45-,50+,55-,56-,57-,58-,59-,60-,61-,62-,63-,64-,65-,66-,67-/m0/s1. The summed E-state index contributed by atoms with van der Waals surface area (Å²) < 4.78 is 0. The van der Waals surface area contributed by atoms with Crippen LogP contribution in [0.25, 0.3) is 21.8 Å². The number of aromatic amines is 2. The summed E-state index contributed by atoms with van der Waals surface area (Å²) in [6.07, 6.45) is -4.96. The Hall–Kier alpha value is -14.0. The maximum absolute atomic E-state index is 15.8. The number of thioether (sulfide) groups is 1. The van der Waals surface area contributed by atoms with Crippen LogP contribution in [0.1, 0.15) is 127 Å². The van der Waals surface area contributed by atoms with Crippen molar-refractivity contribution in [2.45, 2.75) is 221 Å². The molecule has 8 rings (SSSR count). The van der Waals surface area contributed by atoms with E-state index in [2.05, 4.69) is 63.1 Å². The number of rotatable bonds is 26. The van der Waals surface area contributed by atoms with E-state index in [4.69, 9.17) is 11.5 Å². The Bertz CT molecular complexity index is 5130. The molecule has 0 aliphatic carbocycles. The average molecular weight is 1890 g/mol. The largest absolute Gasteiger partial charge is 0.508 e. The Morgan fingerprint density at radius 3 is 1.59 bits per heavy atom. The number of carboxylic acids is 3. The van der Waals surface area contributed by atoms with Crippen LogP contribution in [0.5, 0.6) is 5.75 Å². The van der Waals surface area contributed by atoms with Crippen molar-refractivity contribution >= 4 is 152 Å². The summed E-state index contributed by atoms with van der Waals surface area (Å²) in [7, 11) is 3.63. The van der Waals surface area contributed by atoms with Gasteiger partial charge in [0.25, 0.3) is 0 Å². The van der Waals surface area contributed by atoms with Gasteiger partial charge in [-0.3, -0.25) is 91.1 Å². The zero-order chi connectivity index (χ0) is 98.5. The fraction of sp³-hybridized carbons (Fsp3) is 0.517. The summed E-state index contributed by atoms with van der Waals surface area (Å²) in [5, 5.41) is 89.6. The van der Waals surface area contributed by atoms with E-state index >= 15 is 33.6 Å². The number of aliphatic hydroxyl groups is 1. The van der Waals surface area contributed by atoms with Gasteiger partial charge in [-0.25, -0.2) is 4.79 Å². The van der Waals surface area contributed by atoms with Gasteiger partial charge in [0.15, 0.2) is 0 Å². The van der Waals surface area contributed by atoms with Crippen LogP contribution in [0.3, 0.4) is 0 Å². The minimum absolute atomic E-state index is 0.0792. The van der Waals surface area contributed by atoms with Gasteiger partial charge in [0.05, 0.1) is 31.4 Å². The molecule has 0 saturated carbocycles. The number of para-hydroxylation sites is 2. The number of benzene rings is 3. The molecule has 46 nitrogen and oxygen atoms in total. The summed E-state index contributed by atoms with van der Waals surface area (Å²) >= 11 is 0.656. The number of fused-ring (bicyclic) bond motifs is 4. The lowest BCUT2D eigenvalue weighted by atomic mass is 9.99. The summed E-state index contributed by atoms with van der Waals surface area (Å²) in [6, 6.07) is -5.31. The van der Waals surface area contributed by atoms with Gasteiger partial charge in [0.1, 0.15) is 90.3 Å². The van der Waals surface area contributed by atoms with Crippen molar-refractivity contribution in [3.63, 3.8) is 0 Å². The van der Waals surface area contributed by atoms with Crippen molar-refractivity contribution in [3.8, 4) is 5.75 Å². The number of unbranched alkanes of at least 4 members (excludes halogenated alkanes) is 2. The fourth-order valence-corrected chi connectivity index (χ4v) is 16.8. The topological polar surface area (TPSA) is 695 Å². The van der Waals surface area contributed by atoms with Crippen molar-refractivity contribution in [2.75, 3.05) is 65.4 Å². The van der Waals surface area contributed by atoms with Gasteiger partial charge in [-0.15, -0.1) is 11.8 Å². The molecule has 728 valence electrons.